The zero-order valence-electron chi connectivity index (χ0n) is 12.9. The maximum absolute atomic E-state index is 6.22. The molecule has 0 aliphatic heterocycles. The Morgan fingerprint density at radius 1 is 1.11 bits per heavy atom. The van der Waals surface area contributed by atoms with Crippen LogP contribution in [-0.4, -0.2) is 16.0 Å². The summed E-state index contributed by atoms with van der Waals surface area (Å²) in [5.41, 5.74) is 1.48. The van der Waals surface area contributed by atoms with Crippen molar-refractivity contribution in [3.63, 3.8) is 0 Å². The van der Waals surface area contributed by atoms with Gasteiger partial charge in [-0.2, -0.15) is 0 Å². The molecule has 106 valence electrons. The standard InChI is InChI=1S/C15H24ClN3/c1-8(2)11-17-10(16)9(3)12(18-11)19-13-14(4,5)15(13,6)7/h8,13H,1-7H3,(H,17,18,19). The Bertz CT molecular complexity index is 492. The normalized spacial score (nSPS) is 20.7. The van der Waals surface area contributed by atoms with E-state index in [1.165, 1.54) is 0 Å². The van der Waals surface area contributed by atoms with Gasteiger partial charge in [0.15, 0.2) is 0 Å². The summed E-state index contributed by atoms with van der Waals surface area (Å²) in [7, 11) is 0. The molecular weight excluding hydrogens is 258 g/mol. The molecule has 1 aromatic heterocycles. The zero-order valence-corrected chi connectivity index (χ0v) is 13.7. The molecule has 1 saturated carbocycles. The molecular formula is C15H24ClN3. The molecule has 0 aromatic carbocycles. The Hall–Kier alpha value is -0.830. The van der Waals surface area contributed by atoms with Gasteiger partial charge < -0.3 is 5.32 Å². The fourth-order valence-electron chi connectivity index (χ4n) is 2.60. The third-order valence-electron chi connectivity index (χ3n) is 4.92. The maximum Gasteiger partial charge on any atom is 0.137 e. The summed E-state index contributed by atoms with van der Waals surface area (Å²) >= 11 is 6.22. The van der Waals surface area contributed by atoms with Gasteiger partial charge in [-0.3, -0.25) is 0 Å². The lowest BCUT2D eigenvalue weighted by atomic mass is 10.0. The summed E-state index contributed by atoms with van der Waals surface area (Å²) in [6.45, 7) is 15.3. The molecule has 1 aliphatic carbocycles. The predicted molar refractivity (Wildman–Crippen MR) is 80.8 cm³/mol. The van der Waals surface area contributed by atoms with Crippen LogP contribution in [0.5, 0.6) is 0 Å². The summed E-state index contributed by atoms with van der Waals surface area (Å²) in [6, 6.07) is 0.421. The van der Waals surface area contributed by atoms with Crippen LogP contribution in [0, 0.1) is 17.8 Å². The van der Waals surface area contributed by atoms with E-state index in [1.807, 2.05) is 6.92 Å². The fourth-order valence-corrected chi connectivity index (χ4v) is 2.77. The summed E-state index contributed by atoms with van der Waals surface area (Å²) in [6.07, 6.45) is 0. The van der Waals surface area contributed by atoms with Crippen molar-refractivity contribution in [1.29, 1.82) is 0 Å². The minimum absolute atomic E-state index is 0.273. The van der Waals surface area contributed by atoms with Crippen molar-refractivity contribution >= 4 is 17.4 Å². The zero-order chi connectivity index (χ0) is 14.6. The maximum atomic E-state index is 6.22. The lowest BCUT2D eigenvalue weighted by Gasteiger charge is -2.14. The monoisotopic (exact) mass is 281 g/mol. The fraction of sp³-hybridized carbons (Fsp3) is 0.733. The third-order valence-corrected chi connectivity index (χ3v) is 5.29. The van der Waals surface area contributed by atoms with Gasteiger partial charge in [0, 0.05) is 17.5 Å². The van der Waals surface area contributed by atoms with E-state index in [0.29, 0.717) is 11.2 Å². The first-order chi connectivity index (χ1) is 8.59. The highest BCUT2D eigenvalue weighted by Gasteiger charge is 2.65. The molecule has 0 bridgehead atoms. The first kappa shape index (κ1) is 14.6. The van der Waals surface area contributed by atoms with E-state index >= 15 is 0 Å². The van der Waals surface area contributed by atoms with Gasteiger partial charge in [-0.15, -0.1) is 0 Å². The highest BCUT2D eigenvalue weighted by Crippen LogP contribution is 2.63. The first-order valence-corrected chi connectivity index (χ1v) is 7.27. The number of halogens is 1. The molecule has 0 spiro atoms. The number of nitrogens with one attached hydrogen (secondary N) is 1. The summed E-state index contributed by atoms with van der Waals surface area (Å²) in [5, 5.41) is 4.12. The molecule has 0 amide bonds. The van der Waals surface area contributed by atoms with Gasteiger partial charge in [0.2, 0.25) is 0 Å². The second kappa shape index (κ2) is 4.34. The van der Waals surface area contributed by atoms with E-state index in [1.54, 1.807) is 0 Å². The largest absolute Gasteiger partial charge is 0.366 e. The molecule has 0 atom stereocenters. The van der Waals surface area contributed by atoms with E-state index in [4.69, 9.17) is 11.6 Å². The van der Waals surface area contributed by atoms with E-state index in [9.17, 15) is 0 Å². The van der Waals surface area contributed by atoms with Crippen molar-refractivity contribution < 1.29 is 0 Å². The van der Waals surface area contributed by atoms with Crippen LogP contribution < -0.4 is 5.32 Å². The lowest BCUT2D eigenvalue weighted by molar-refractivity contribution is 0.457. The number of hydrogen-bond acceptors (Lipinski definition) is 3. The average molecular weight is 282 g/mol. The SMILES string of the molecule is Cc1c(Cl)nc(C(C)C)nc1NC1C(C)(C)C1(C)C. The topological polar surface area (TPSA) is 37.8 Å². The van der Waals surface area contributed by atoms with Crippen LogP contribution in [0.1, 0.15) is 58.8 Å². The number of nitrogens with zero attached hydrogens (tertiary/aromatic N) is 2. The van der Waals surface area contributed by atoms with Crippen LogP contribution in [-0.2, 0) is 0 Å². The van der Waals surface area contributed by atoms with E-state index in [2.05, 4.69) is 56.8 Å². The molecule has 0 radical (unpaired) electrons. The van der Waals surface area contributed by atoms with Gasteiger partial charge in [0.1, 0.15) is 16.8 Å². The molecule has 1 aromatic rings. The van der Waals surface area contributed by atoms with Crippen molar-refractivity contribution in [2.75, 3.05) is 5.32 Å². The second-order valence-corrected chi connectivity index (χ2v) is 7.38. The molecule has 1 aliphatic rings. The molecule has 0 saturated heterocycles. The van der Waals surface area contributed by atoms with Gasteiger partial charge in [-0.25, -0.2) is 9.97 Å². The summed E-state index contributed by atoms with van der Waals surface area (Å²) < 4.78 is 0. The highest BCUT2D eigenvalue weighted by molar-refractivity contribution is 6.30. The predicted octanol–water partition coefficient (Wildman–Crippen LogP) is 4.41. The van der Waals surface area contributed by atoms with Gasteiger partial charge in [-0.05, 0) is 17.8 Å². The third kappa shape index (κ3) is 2.22. The molecule has 1 N–H and O–H groups in total. The van der Waals surface area contributed by atoms with E-state index in [0.717, 1.165) is 17.2 Å². The molecule has 1 heterocycles. The molecule has 0 unspecified atom stereocenters. The Balaban J connectivity index is 2.32. The minimum Gasteiger partial charge on any atom is -0.366 e. The molecule has 1 fully saturated rings. The number of aromatic nitrogens is 2. The van der Waals surface area contributed by atoms with Crippen molar-refractivity contribution in [2.24, 2.45) is 10.8 Å². The quantitative estimate of drug-likeness (QED) is 0.834. The van der Waals surface area contributed by atoms with Crippen LogP contribution in [0.4, 0.5) is 5.82 Å². The molecule has 2 rings (SSSR count). The smallest absolute Gasteiger partial charge is 0.137 e. The van der Waals surface area contributed by atoms with Crippen molar-refractivity contribution in [3.8, 4) is 0 Å². The van der Waals surface area contributed by atoms with E-state index in [-0.39, 0.29) is 16.7 Å². The van der Waals surface area contributed by atoms with Crippen LogP contribution in [0.15, 0.2) is 0 Å². The Kier molecular flexibility index (Phi) is 3.33. The van der Waals surface area contributed by atoms with Crippen LogP contribution in [0.2, 0.25) is 5.15 Å². The molecule has 3 nitrogen and oxygen atoms in total. The van der Waals surface area contributed by atoms with Gasteiger partial charge in [-0.1, -0.05) is 53.1 Å². The van der Waals surface area contributed by atoms with Gasteiger partial charge in [0.05, 0.1) is 0 Å². The molecule has 4 heteroatoms. The van der Waals surface area contributed by atoms with Gasteiger partial charge >= 0.3 is 0 Å². The number of anilines is 1. The van der Waals surface area contributed by atoms with E-state index < -0.39 is 0 Å². The van der Waals surface area contributed by atoms with Gasteiger partial charge in [0.25, 0.3) is 0 Å². The first-order valence-electron chi connectivity index (χ1n) is 6.89. The van der Waals surface area contributed by atoms with Crippen molar-refractivity contribution in [2.45, 2.75) is 60.4 Å². The Morgan fingerprint density at radius 3 is 2.05 bits per heavy atom. The molecule has 19 heavy (non-hydrogen) atoms. The van der Waals surface area contributed by atoms with Crippen LogP contribution in [0.25, 0.3) is 0 Å². The average Bonchev–Trinajstić information content (AvgIpc) is 2.66. The number of rotatable bonds is 3. The minimum atomic E-state index is 0.273. The Morgan fingerprint density at radius 2 is 1.63 bits per heavy atom. The number of hydrogen-bond donors (Lipinski definition) is 1. The summed E-state index contributed by atoms with van der Waals surface area (Å²) in [5.74, 6) is 1.96. The lowest BCUT2D eigenvalue weighted by Crippen LogP contribution is -2.14. The van der Waals surface area contributed by atoms with Crippen LogP contribution >= 0.6 is 11.6 Å². The Labute approximate surface area is 121 Å². The highest BCUT2D eigenvalue weighted by atomic mass is 35.5. The summed E-state index contributed by atoms with van der Waals surface area (Å²) in [4.78, 5) is 8.98. The van der Waals surface area contributed by atoms with Crippen LogP contribution in [0.3, 0.4) is 0 Å². The van der Waals surface area contributed by atoms with Crippen molar-refractivity contribution in [3.05, 3.63) is 16.5 Å². The van der Waals surface area contributed by atoms with Crippen molar-refractivity contribution in [1.82, 2.24) is 9.97 Å². The second-order valence-electron chi connectivity index (χ2n) is 7.02.